The van der Waals surface area contributed by atoms with Crippen molar-refractivity contribution in [3.63, 3.8) is 0 Å². The Morgan fingerprint density at radius 2 is 2.11 bits per heavy atom. The van der Waals surface area contributed by atoms with Crippen molar-refractivity contribution in [1.29, 1.82) is 0 Å². The molecule has 0 radical (unpaired) electrons. The van der Waals surface area contributed by atoms with Crippen LogP contribution in [0.15, 0.2) is 36.8 Å². The molecule has 5 heteroatoms. The molecule has 0 unspecified atom stereocenters. The molecule has 0 aliphatic rings. The second kappa shape index (κ2) is 4.68. The number of benzene rings is 1. The molecule has 0 fully saturated rings. The normalized spacial score (nSPS) is 11.0. The van der Waals surface area contributed by atoms with E-state index in [0.29, 0.717) is 13.0 Å². The monoisotopic (exact) mass is 254 g/mol. The number of hydrogen-bond acceptors (Lipinski definition) is 3. The highest BCUT2D eigenvalue weighted by Gasteiger charge is 2.08. The third-order valence-corrected chi connectivity index (χ3v) is 3.21. The van der Waals surface area contributed by atoms with E-state index >= 15 is 0 Å². The highest BCUT2D eigenvalue weighted by atomic mass is 16.1. The number of nitrogens with zero attached hydrogens (tertiary/aromatic N) is 3. The number of pyridine rings is 1. The number of amides is 1. The van der Waals surface area contributed by atoms with Crippen molar-refractivity contribution >= 4 is 27.8 Å². The number of carbonyl (C=O) groups excluding carboxylic acids is 1. The van der Waals surface area contributed by atoms with Crippen LogP contribution in [0.25, 0.3) is 21.9 Å². The van der Waals surface area contributed by atoms with Gasteiger partial charge in [0.15, 0.2) is 0 Å². The van der Waals surface area contributed by atoms with Crippen LogP contribution in [0.5, 0.6) is 0 Å². The zero-order chi connectivity index (χ0) is 13.2. The Morgan fingerprint density at radius 3 is 2.95 bits per heavy atom. The first kappa shape index (κ1) is 11.6. The van der Waals surface area contributed by atoms with Gasteiger partial charge in [0.05, 0.1) is 23.6 Å². The summed E-state index contributed by atoms with van der Waals surface area (Å²) < 4.78 is 2.01. The first-order valence-corrected chi connectivity index (χ1v) is 6.19. The SMILES string of the molecule is CNC(=O)CCn1cnc2cnc3ccccc3c21. The van der Waals surface area contributed by atoms with Gasteiger partial charge in [-0.1, -0.05) is 18.2 Å². The third kappa shape index (κ3) is 2.03. The molecule has 1 aromatic carbocycles. The van der Waals surface area contributed by atoms with Gasteiger partial charge in [0, 0.05) is 25.4 Å². The van der Waals surface area contributed by atoms with Crippen LogP contribution in [-0.4, -0.2) is 27.5 Å². The highest BCUT2D eigenvalue weighted by molar-refractivity contribution is 6.01. The standard InChI is InChI=1S/C14H14N4O/c1-15-13(19)6-7-18-9-17-12-8-16-11-5-3-2-4-10(11)14(12)18/h2-5,8-9H,6-7H2,1H3,(H,15,19). The van der Waals surface area contributed by atoms with E-state index in [9.17, 15) is 4.79 Å². The van der Waals surface area contributed by atoms with Crippen molar-refractivity contribution in [1.82, 2.24) is 19.9 Å². The Morgan fingerprint density at radius 1 is 1.26 bits per heavy atom. The number of aryl methyl sites for hydroxylation is 1. The first-order chi connectivity index (χ1) is 9.29. The summed E-state index contributed by atoms with van der Waals surface area (Å²) in [7, 11) is 1.65. The lowest BCUT2D eigenvalue weighted by Gasteiger charge is -2.05. The van der Waals surface area contributed by atoms with Gasteiger partial charge in [0.25, 0.3) is 0 Å². The fourth-order valence-corrected chi connectivity index (χ4v) is 2.22. The fraction of sp³-hybridized carbons (Fsp3) is 0.214. The topological polar surface area (TPSA) is 59.8 Å². The smallest absolute Gasteiger partial charge is 0.221 e. The van der Waals surface area contributed by atoms with E-state index in [2.05, 4.69) is 15.3 Å². The number of carbonyl (C=O) groups is 1. The van der Waals surface area contributed by atoms with Gasteiger partial charge >= 0.3 is 0 Å². The van der Waals surface area contributed by atoms with E-state index in [4.69, 9.17) is 0 Å². The highest BCUT2D eigenvalue weighted by Crippen LogP contribution is 2.22. The average Bonchev–Trinajstić information content (AvgIpc) is 2.88. The number of imidazole rings is 1. The molecule has 96 valence electrons. The molecule has 0 saturated heterocycles. The van der Waals surface area contributed by atoms with Crippen molar-refractivity contribution in [2.75, 3.05) is 7.05 Å². The van der Waals surface area contributed by atoms with Crippen LogP contribution in [0, 0.1) is 0 Å². The lowest BCUT2D eigenvalue weighted by atomic mass is 10.2. The largest absolute Gasteiger partial charge is 0.359 e. The number of hydrogen-bond donors (Lipinski definition) is 1. The van der Waals surface area contributed by atoms with Gasteiger partial charge in [0.2, 0.25) is 5.91 Å². The van der Waals surface area contributed by atoms with Gasteiger partial charge in [0.1, 0.15) is 5.52 Å². The van der Waals surface area contributed by atoms with Gasteiger partial charge in [-0.3, -0.25) is 9.78 Å². The lowest BCUT2D eigenvalue weighted by Crippen LogP contribution is -2.19. The molecule has 0 atom stereocenters. The zero-order valence-corrected chi connectivity index (χ0v) is 10.6. The molecule has 5 nitrogen and oxygen atoms in total. The Balaban J connectivity index is 2.10. The van der Waals surface area contributed by atoms with Gasteiger partial charge in [-0.05, 0) is 6.07 Å². The van der Waals surface area contributed by atoms with Crippen molar-refractivity contribution in [2.45, 2.75) is 13.0 Å². The molecular formula is C14H14N4O. The summed E-state index contributed by atoms with van der Waals surface area (Å²) in [5.74, 6) is 0.0280. The van der Waals surface area contributed by atoms with E-state index in [0.717, 1.165) is 21.9 Å². The van der Waals surface area contributed by atoms with E-state index in [1.54, 1.807) is 19.6 Å². The molecule has 2 aromatic heterocycles. The van der Waals surface area contributed by atoms with Crippen LogP contribution >= 0.6 is 0 Å². The summed E-state index contributed by atoms with van der Waals surface area (Å²) in [5, 5.41) is 3.69. The maximum atomic E-state index is 11.3. The van der Waals surface area contributed by atoms with Gasteiger partial charge in [-0.15, -0.1) is 0 Å². The second-order valence-corrected chi connectivity index (χ2v) is 4.37. The van der Waals surface area contributed by atoms with Crippen molar-refractivity contribution < 1.29 is 4.79 Å². The number of aromatic nitrogens is 3. The molecule has 0 saturated carbocycles. The molecule has 2 heterocycles. The molecule has 3 rings (SSSR count). The average molecular weight is 254 g/mol. The summed E-state index contributed by atoms with van der Waals surface area (Å²) in [6.07, 6.45) is 3.98. The molecular weight excluding hydrogens is 240 g/mol. The lowest BCUT2D eigenvalue weighted by molar-refractivity contribution is -0.120. The third-order valence-electron chi connectivity index (χ3n) is 3.21. The van der Waals surface area contributed by atoms with Crippen LogP contribution in [0.2, 0.25) is 0 Å². The van der Waals surface area contributed by atoms with Crippen LogP contribution in [0.1, 0.15) is 6.42 Å². The first-order valence-electron chi connectivity index (χ1n) is 6.19. The Labute approximate surface area is 110 Å². The molecule has 0 spiro atoms. The zero-order valence-electron chi connectivity index (χ0n) is 10.6. The molecule has 3 aromatic rings. The minimum absolute atomic E-state index is 0.0280. The van der Waals surface area contributed by atoms with Crippen LogP contribution in [0.3, 0.4) is 0 Å². The fourth-order valence-electron chi connectivity index (χ4n) is 2.22. The van der Waals surface area contributed by atoms with Crippen molar-refractivity contribution in [3.05, 3.63) is 36.8 Å². The summed E-state index contributed by atoms with van der Waals surface area (Å²) in [6.45, 7) is 0.615. The Bertz CT molecular complexity index is 747. The molecule has 19 heavy (non-hydrogen) atoms. The van der Waals surface area contributed by atoms with E-state index in [-0.39, 0.29) is 5.91 Å². The van der Waals surface area contributed by atoms with Crippen LogP contribution in [0.4, 0.5) is 0 Å². The minimum atomic E-state index is 0.0280. The number of fused-ring (bicyclic) bond motifs is 3. The number of rotatable bonds is 3. The van der Waals surface area contributed by atoms with E-state index in [1.165, 1.54) is 0 Å². The number of nitrogens with one attached hydrogen (secondary N) is 1. The maximum Gasteiger partial charge on any atom is 0.221 e. The predicted octanol–water partition coefficient (Wildman–Crippen LogP) is 1.72. The Kier molecular flexibility index (Phi) is 2.87. The molecule has 1 N–H and O–H groups in total. The summed E-state index contributed by atoms with van der Waals surface area (Å²) in [6, 6.07) is 7.96. The molecule has 1 amide bonds. The second-order valence-electron chi connectivity index (χ2n) is 4.37. The van der Waals surface area contributed by atoms with E-state index in [1.807, 2.05) is 28.8 Å². The van der Waals surface area contributed by atoms with Crippen LogP contribution < -0.4 is 5.32 Å². The van der Waals surface area contributed by atoms with Gasteiger partial charge < -0.3 is 9.88 Å². The Hall–Kier alpha value is -2.43. The van der Waals surface area contributed by atoms with Crippen molar-refractivity contribution in [3.8, 4) is 0 Å². The molecule has 0 aliphatic carbocycles. The van der Waals surface area contributed by atoms with Gasteiger partial charge in [-0.25, -0.2) is 4.98 Å². The number of para-hydroxylation sites is 1. The van der Waals surface area contributed by atoms with Crippen molar-refractivity contribution in [2.24, 2.45) is 0 Å². The van der Waals surface area contributed by atoms with Crippen LogP contribution in [-0.2, 0) is 11.3 Å². The minimum Gasteiger partial charge on any atom is -0.359 e. The summed E-state index contributed by atoms with van der Waals surface area (Å²) in [4.78, 5) is 20.1. The summed E-state index contributed by atoms with van der Waals surface area (Å²) in [5.41, 5.74) is 2.84. The molecule has 0 bridgehead atoms. The molecule has 0 aliphatic heterocycles. The maximum absolute atomic E-state index is 11.3. The van der Waals surface area contributed by atoms with E-state index < -0.39 is 0 Å². The quantitative estimate of drug-likeness (QED) is 0.774. The van der Waals surface area contributed by atoms with Gasteiger partial charge in [-0.2, -0.15) is 0 Å². The predicted molar refractivity (Wildman–Crippen MR) is 73.7 cm³/mol. The summed E-state index contributed by atoms with van der Waals surface area (Å²) >= 11 is 0.